The summed E-state index contributed by atoms with van der Waals surface area (Å²) >= 11 is 0. The third-order valence-electron chi connectivity index (χ3n) is 2.08. The standard InChI is InChI=1S/C14H23N3O/c1-10(2)15-13(18)16-11-6-8-12(9-7-11)17-14(3,4)5/h6-10,17H,1-5H3,(H2,15,16,18). The van der Waals surface area contributed by atoms with Crippen LogP contribution in [0, 0.1) is 0 Å². The van der Waals surface area contributed by atoms with Crippen molar-refractivity contribution >= 4 is 17.4 Å². The van der Waals surface area contributed by atoms with Gasteiger partial charge in [0.25, 0.3) is 0 Å². The summed E-state index contributed by atoms with van der Waals surface area (Å²) < 4.78 is 0. The molecule has 1 rings (SSSR count). The second kappa shape index (κ2) is 5.76. The molecule has 0 aromatic heterocycles. The molecule has 0 radical (unpaired) electrons. The van der Waals surface area contributed by atoms with Crippen LogP contribution in [-0.2, 0) is 0 Å². The summed E-state index contributed by atoms with van der Waals surface area (Å²) in [7, 11) is 0. The monoisotopic (exact) mass is 249 g/mol. The van der Waals surface area contributed by atoms with Gasteiger partial charge < -0.3 is 16.0 Å². The molecule has 3 N–H and O–H groups in total. The summed E-state index contributed by atoms with van der Waals surface area (Å²) in [6, 6.07) is 7.63. The highest BCUT2D eigenvalue weighted by Gasteiger charge is 2.09. The van der Waals surface area contributed by atoms with Crippen LogP contribution in [0.3, 0.4) is 0 Å². The predicted octanol–water partition coefficient (Wildman–Crippen LogP) is 3.43. The van der Waals surface area contributed by atoms with Gasteiger partial charge in [0.2, 0.25) is 0 Å². The number of nitrogens with one attached hydrogen (secondary N) is 3. The van der Waals surface area contributed by atoms with Crippen molar-refractivity contribution in [2.24, 2.45) is 0 Å². The fourth-order valence-electron chi connectivity index (χ4n) is 1.50. The molecule has 0 fully saturated rings. The Kier molecular flexibility index (Phi) is 4.59. The van der Waals surface area contributed by atoms with Gasteiger partial charge in [0.15, 0.2) is 0 Å². The fourth-order valence-corrected chi connectivity index (χ4v) is 1.50. The van der Waals surface area contributed by atoms with E-state index in [1.165, 1.54) is 0 Å². The normalized spacial score (nSPS) is 11.2. The van der Waals surface area contributed by atoms with Gasteiger partial charge in [0, 0.05) is 23.0 Å². The van der Waals surface area contributed by atoms with Crippen LogP contribution in [0.2, 0.25) is 0 Å². The molecule has 4 nitrogen and oxygen atoms in total. The Morgan fingerprint density at radius 2 is 1.56 bits per heavy atom. The van der Waals surface area contributed by atoms with Gasteiger partial charge in [-0.3, -0.25) is 0 Å². The van der Waals surface area contributed by atoms with E-state index in [1.807, 2.05) is 38.1 Å². The van der Waals surface area contributed by atoms with E-state index in [0.29, 0.717) is 0 Å². The Morgan fingerprint density at radius 1 is 1.06 bits per heavy atom. The Morgan fingerprint density at radius 3 is 2.00 bits per heavy atom. The molecular formula is C14H23N3O. The highest BCUT2D eigenvalue weighted by Crippen LogP contribution is 2.17. The molecule has 0 saturated heterocycles. The number of urea groups is 1. The maximum Gasteiger partial charge on any atom is 0.319 e. The molecule has 0 atom stereocenters. The second-order valence-electron chi connectivity index (χ2n) is 5.71. The first-order valence-corrected chi connectivity index (χ1v) is 6.22. The van der Waals surface area contributed by atoms with E-state index in [2.05, 4.69) is 36.7 Å². The van der Waals surface area contributed by atoms with Gasteiger partial charge in [-0.15, -0.1) is 0 Å². The molecule has 0 unspecified atom stereocenters. The maximum atomic E-state index is 11.5. The van der Waals surface area contributed by atoms with Crippen molar-refractivity contribution in [3.63, 3.8) is 0 Å². The van der Waals surface area contributed by atoms with E-state index in [4.69, 9.17) is 0 Å². The molecule has 0 aliphatic heterocycles. The van der Waals surface area contributed by atoms with Crippen LogP contribution in [0.25, 0.3) is 0 Å². The largest absolute Gasteiger partial charge is 0.380 e. The quantitative estimate of drug-likeness (QED) is 0.768. The van der Waals surface area contributed by atoms with Crippen LogP contribution in [0.4, 0.5) is 16.2 Å². The molecule has 1 aromatic rings. The summed E-state index contributed by atoms with van der Waals surface area (Å²) in [4.78, 5) is 11.5. The SMILES string of the molecule is CC(C)NC(=O)Nc1ccc(NC(C)(C)C)cc1. The lowest BCUT2D eigenvalue weighted by Gasteiger charge is -2.22. The summed E-state index contributed by atoms with van der Waals surface area (Å²) in [6.45, 7) is 10.2. The van der Waals surface area contributed by atoms with E-state index in [9.17, 15) is 4.79 Å². The van der Waals surface area contributed by atoms with Crippen LogP contribution in [0.5, 0.6) is 0 Å². The highest BCUT2D eigenvalue weighted by molar-refractivity contribution is 5.89. The lowest BCUT2D eigenvalue weighted by Crippen LogP contribution is -2.34. The van der Waals surface area contributed by atoms with Crippen molar-refractivity contribution in [1.82, 2.24) is 5.32 Å². The third-order valence-corrected chi connectivity index (χ3v) is 2.08. The molecule has 0 heterocycles. The van der Waals surface area contributed by atoms with Gasteiger partial charge in [0.05, 0.1) is 0 Å². The predicted molar refractivity (Wildman–Crippen MR) is 77.1 cm³/mol. The first kappa shape index (κ1) is 14.4. The average molecular weight is 249 g/mol. The molecule has 0 bridgehead atoms. The highest BCUT2D eigenvalue weighted by atomic mass is 16.2. The average Bonchev–Trinajstić information content (AvgIpc) is 2.17. The Labute approximate surface area is 109 Å². The summed E-state index contributed by atoms with van der Waals surface area (Å²) in [5.74, 6) is 0. The van der Waals surface area contributed by atoms with Crippen molar-refractivity contribution in [2.45, 2.75) is 46.2 Å². The van der Waals surface area contributed by atoms with Crippen molar-refractivity contribution in [2.75, 3.05) is 10.6 Å². The van der Waals surface area contributed by atoms with Crippen molar-refractivity contribution in [1.29, 1.82) is 0 Å². The zero-order chi connectivity index (χ0) is 13.8. The molecule has 0 aliphatic carbocycles. The van der Waals surface area contributed by atoms with E-state index in [0.717, 1.165) is 11.4 Å². The first-order chi connectivity index (χ1) is 8.26. The van der Waals surface area contributed by atoms with Crippen LogP contribution in [0.15, 0.2) is 24.3 Å². The van der Waals surface area contributed by atoms with Crippen molar-refractivity contribution in [3.8, 4) is 0 Å². The van der Waals surface area contributed by atoms with E-state index in [1.54, 1.807) is 0 Å². The van der Waals surface area contributed by atoms with Gasteiger partial charge in [-0.1, -0.05) is 0 Å². The third kappa shape index (κ3) is 5.57. The van der Waals surface area contributed by atoms with Gasteiger partial charge in [-0.05, 0) is 58.9 Å². The zero-order valence-electron chi connectivity index (χ0n) is 11.8. The number of amides is 2. The number of hydrogen-bond donors (Lipinski definition) is 3. The minimum Gasteiger partial charge on any atom is -0.380 e. The van der Waals surface area contributed by atoms with Gasteiger partial charge in [-0.25, -0.2) is 4.79 Å². The van der Waals surface area contributed by atoms with Crippen LogP contribution < -0.4 is 16.0 Å². The Hall–Kier alpha value is -1.71. The minimum absolute atomic E-state index is 0.0317. The van der Waals surface area contributed by atoms with Crippen LogP contribution >= 0.6 is 0 Å². The topological polar surface area (TPSA) is 53.2 Å². The molecule has 0 aliphatic rings. The number of benzene rings is 1. The first-order valence-electron chi connectivity index (χ1n) is 6.22. The summed E-state index contributed by atoms with van der Waals surface area (Å²) in [6.07, 6.45) is 0. The number of carbonyl (C=O) groups is 1. The Balaban J connectivity index is 2.58. The molecule has 0 saturated carbocycles. The molecule has 4 heteroatoms. The lowest BCUT2D eigenvalue weighted by molar-refractivity contribution is 0.250. The summed E-state index contributed by atoms with van der Waals surface area (Å²) in [5, 5.41) is 8.93. The molecule has 0 spiro atoms. The fraction of sp³-hybridized carbons (Fsp3) is 0.500. The summed E-state index contributed by atoms with van der Waals surface area (Å²) in [5.41, 5.74) is 1.86. The van der Waals surface area contributed by atoms with E-state index in [-0.39, 0.29) is 17.6 Å². The number of rotatable bonds is 3. The molecular weight excluding hydrogens is 226 g/mol. The minimum atomic E-state index is -0.179. The second-order valence-corrected chi connectivity index (χ2v) is 5.71. The zero-order valence-corrected chi connectivity index (χ0v) is 11.8. The smallest absolute Gasteiger partial charge is 0.319 e. The lowest BCUT2D eigenvalue weighted by atomic mass is 10.1. The van der Waals surface area contributed by atoms with Crippen molar-refractivity contribution < 1.29 is 4.79 Å². The van der Waals surface area contributed by atoms with Crippen molar-refractivity contribution in [3.05, 3.63) is 24.3 Å². The number of anilines is 2. The molecule has 18 heavy (non-hydrogen) atoms. The van der Waals surface area contributed by atoms with E-state index >= 15 is 0 Å². The number of carbonyl (C=O) groups excluding carboxylic acids is 1. The van der Waals surface area contributed by atoms with Gasteiger partial charge in [-0.2, -0.15) is 0 Å². The van der Waals surface area contributed by atoms with Gasteiger partial charge >= 0.3 is 6.03 Å². The number of hydrogen-bond acceptors (Lipinski definition) is 2. The van der Waals surface area contributed by atoms with E-state index < -0.39 is 0 Å². The van der Waals surface area contributed by atoms with Gasteiger partial charge in [0.1, 0.15) is 0 Å². The Bertz CT molecular complexity index is 390. The molecule has 2 amide bonds. The maximum absolute atomic E-state index is 11.5. The molecule has 100 valence electrons. The molecule has 1 aromatic carbocycles. The van der Waals surface area contributed by atoms with Crippen LogP contribution in [0.1, 0.15) is 34.6 Å². The van der Waals surface area contributed by atoms with Crippen LogP contribution in [-0.4, -0.2) is 17.6 Å².